The van der Waals surface area contributed by atoms with E-state index in [9.17, 15) is 4.79 Å². The molecule has 0 aliphatic carbocycles. The van der Waals surface area contributed by atoms with Gasteiger partial charge >= 0.3 is 0 Å². The molecule has 0 aliphatic rings. The highest BCUT2D eigenvalue weighted by Gasteiger charge is 2.13. The second-order valence-electron chi connectivity index (χ2n) is 6.03. The number of halogens is 1. The molecule has 110 valence electrons. The van der Waals surface area contributed by atoms with Gasteiger partial charge in [0, 0.05) is 15.6 Å². The van der Waals surface area contributed by atoms with Gasteiger partial charge in [0.2, 0.25) is 0 Å². The van der Waals surface area contributed by atoms with Crippen molar-refractivity contribution in [2.75, 3.05) is 0 Å². The predicted octanol–water partition coefficient (Wildman–Crippen LogP) is 5.17. The van der Waals surface area contributed by atoms with Crippen LogP contribution in [-0.2, 0) is 0 Å². The normalized spacial score (nSPS) is 11.3. The highest BCUT2D eigenvalue weighted by atomic mass is 79.9. The molecule has 0 radical (unpaired) electrons. The lowest BCUT2D eigenvalue weighted by Crippen LogP contribution is -2.22. The number of aryl methyl sites for hydroxylation is 1. The van der Waals surface area contributed by atoms with Gasteiger partial charge in [0.15, 0.2) is 5.78 Å². The van der Waals surface area contributed by atoms with Gasteiger partial charge in [0.1, 0.15) is 11.4 Å². The first-order chi connectivity index (χ1) is 9.76. The average Bonchev–Trinajstić information content (AvgIpc) is 2.40. The van der Waals surface area contributed by atoms with E-state index in [1.807, 2.05) is 58.0 Å². The molecule has 21 heavy (non-hydrogen) atoms. The summed E-state index contributed by atoms with van der Waals surface area (Å²) in [6.07, 6.45) is 0. The molecule has 2 nitrogen and oxygen atoms in total. The fourth-order valence-electron chi connectivity index (χ4n) is 1.93. The highest BCUT2D eigenvalue weighted by Crippen LogP contribution is 2.22. The molecule has 0 N–H and O–H groups in total. The summed E-state index contributed by atoms with van der Waals surface area (Å²) in [6, 6.07) is 12.9. The van der Waals surface area contributed by atoms with Crippen LogP contribution in [0.25, 0.3) is 0 Å². The Morgan fingerprint density at radius 3 is 2.10 bits per heavy atom. The van der Waals surface area contributed by atoms with Crippen LogP contribution in [0.3, 0.4) is 0 Å². The van der Waals surface area contributed by atoms with Crippen molar-refractivity contribution < 1.29 is 9.53 Å². The number of ether oxygens (including phenoxy) is 1. The van der Waals surface area contributed by atoms with Gasteiger partial charge in [-0.1, -0.05) is 28.1 Å². The molecule has 0 heterocycles. The maximum atomic E-state index is 12.4. The zero-order valence-electron chi connectivity index (χ0n) is 12.7. The molecular formula is C18H19BrO2. The lowest BCUT2D eigenvalue weighted by Gasteiger charge is -2.21. The third kappa shape index (κ3) is 4.18. The van der Waals surface area contributed by atoms with Crippen LogP contribution in [0.2, 0.25) is 0 Å². The van der Waals surface area contributed by atoms with Gasteiger partial charge in [-0.3, -0.25) is 4.79 Å². The Balaban J connectivity index is 2.22. The van der Waals surface area contributed by atoms with Crippen molar-refractivity contribution in [1.82, 2.24) is 0 Å². The SMILES string of the molecule is Cc1ccc(C(=O)c2ccc(OC(C)(C)C)cc2)cc1Br. The first-order valence-electron chi connectivity index (χ1n) is 6.86. The first kappa shape index (κ1) is 15.8. The van der Waals surface area contributed by atoms with E-state index < -0.39 is 0 Å². The predicted molar refractivity (Wildman–Crippen MR) is 89.1 cm³/mol. The smallest absolute Gasteiger partial charge is 0.193 e. The zero-order valence-corrected chi connectivity index (χ0v) is 14.3. The molecule has 0 saturated carbocycles. The van der Waals surface area contributed by atoms with Crippen molar-refractivity contribution in [2.45, 2.75) is 33.3 Å². The van der Waals surface area contributed by atoms with E-state index in [1.54, 1.807) is 12.1 Å². The largest absolute Gasteiger partial charge is 0.488 e. The van der Waals surface area contributed by atoms with E-state index in [-0.39, 0.29) is 11.4 Å². The van der Waals surface area contributed by atoms with Crippen LogP contribution in [0.4, 0.5) is 0 Å². The topological polar surface area (TPSA) is 26.3 Å². The lowest BCUT2D eigenvalue weighted by atomic mass is 10.0. The van der Waals surface area contributed by atoms with E-state index in [0.717, 1.165) is 15.8 Å². The molecule has 0 amide bonds. The van der Waals surface area contributed by atoms with Gasteiger partial charge in [-0.25, -0.2) is 0 Å². The standard InChI is InChI=1S/C18H19BrO2/c1-12-5-6-14(11-16(12)19)17(20)13-7-9-15(10-8-13)21-18(2,3)4/h5-11H,1-4H3. The van der Waals surface area contributed by atoms with Crippen molar-refractivity contribution >= 4 is 21.7 Å². The summed E-state index contributed by atoms with van der Waals surface area (Å²) < 4.78 is 6.70. The molecule has 0 aliphatic heterocycles. The van der Waals surface area contributed by atoms with Gasteiger partial charge in [-0.05, 0) is 63.6 Å². The summed E-state index contributed by atoms with van der Waals surface area (Å²) >= 11 is 3.46. The third-order valence-electron chi connectivity index (χ3n) is 2.97. The first-order valence-corrected chi connectivity index (χ1v) is 7.65. The van der Waals surface area contributed by atoms with E-state index in [0.29, 0.717) is 11.1 Å². The van der Waals surface area contributed by atoms with Crippen LogP contribution in [0.1, 0.15) is 42.3 Å². The Bertz CT molecular complexity index is 652. The van der Waals surface area contributed by atoms with Crippen molar-refractivity contribution in [1.29, 1.82) is 0 Å². The van der Waals surface area contributed by atoms with E-state index >= 15 is 0 Å². The van der Waals surface area contributed by atoms with Crippen LogP contribution in [0.5, 0.6) is 5.75 Å². The Kier molecular flexibility index (Phi) is 4.52. The van der Waals surface area contributed by atoms with Crippen molar-refractivity contribution in [3.8, 4) is 5.75 Å². The van der Waals surface area contributed by atoms with E-state index in [4.69, 9.17) is 4.74 Å². The molecular weight excluding hydrogens is 328 g/mol. The lowest BCUT2D eigenvalue weighted by molar-refractivity contribution is 0.103. The van der Waals surface area contributed by atoms with Gasteiger partial charge in [-0.2, -0.15) is 0 Å². The monoisotopic (exact) mass is 346 g/mol. The number of hydrogen-bond donors (Lipinski definition) is 0. The fourth-order valence-corrected chi connectivity index (χ4v) is 2.31. The van der Waals surface area contributed by atoms with Gasteiger partial charge in [0.25, 0.3) is 0 Å². The fraction of sp³-hybridized carbons (Fsp3) is 0.278. The molecule has 2 aromatic rings. The Hall–Kier alpha value is -1.61. The third-order valence-corrected chi connectivity index (χ3v) is 3.83. The van der Waals surface area contributed by atoms with Gasteiger partial charge < -0.3 is 4.74 Å². The van der Waals surface area contributed by atoms with Gasteiger partial charge in [0.05, 0.1) is 0 Å². The molecule has 2 aromatic carbocycles. The Labute approximate surface area is 134 Å². The van der Waals surface area contributed by atoms with Crippen molar-refractivity contribution in [2.24, 2.45) is 0 Å². The number of hydrogen-bond acceptors (Lipinski definition) is 2. The number of ketones is 1. The zero-order chi connectivity index (χ0) is 15.6. The molecule has 0 atom stereocenters. The summed E-state index contributed by atoms with van der Waals surface area (Å²) in [5, 5.41) is 0. The maximum absolute atomic E-state index is 12.4. The second kappa shape index (κ2) is 6.02. The number of benzene rings is 2. The van der Waals surface area contributed by atoms with Crippen LogP contribution in [0.15, 0.2) is 46.9 Å². The summed E-state index contributed by atoms with van der Waals surface area (Å²) in [7, 11) is 0. The summed E-state index contributed by atoms with van der Waals surface area (Å²) in [5.74, 6) is 0.780. The number of rotatable bonds is 3. The Morgan fingerprint density at radius 1 is 1.00 bits per heavy atom. The van der Waals surface area contributed by atoms with Crippen LogP contribution in [-0.4, -0.2) is 11.4 Å². The van der Waals surface area contributed by atoms with Crippen LogP contribution >= 0.6 is 15.9 Å². The summed E-state index contributed by atoms with van der Waals surface area (Å²) in [5.41, 5.74) is 2.21. The van der Waals surface area contributed by atoms with E-state index in [1.165, 1.54) is 0 Å². The number of carbonyl (C=O) groups excluding carboxylic acids is 1. The molecule has 2 rings (SSSR count). The average molecular weight is 347 g/mol. The molecule has 0 spiro atoms. The maximum Gasteiger partial charge on any atom is 0.193 e. The minimum atomic E-state index is -0.243. The quantitative estimate of drug-likeness (QED) is 0.717. The molecule has 0 saturated heterocycles. The Morgan fingerprint density at radius 2 is 1.57 bits per heavy atom. The molecule has 3 heteroatoms. The highest BCUT2D eigenvalue weighted by molar-refractivity contribution is 9.10. The summed E-state index contributed by atoms with van der Waals surface area (Å²) in [6.45, 7) is 7.98. The molecule has 0 aromatic heterocycles. The van der Waals surface area contributed by atoms with Gasteiger partial charge in [-0.15, -0.1) is 0 Å². The van der Waals surface area contributed by atoms with E-state index in [2.05, 4.69) is 15.9 Å². The molecule has 0 bridgehead atoms. The minimum Gasteiger partial charge on any atom is -0.488 e. The summed E-state index contributed by atoms with van der Waals surface area (Å²) in [4.78, 5) is 12.4. The van der Waals surface area contributed by atoms with Crippen LogP contribution < -0.4 is 4.74 Å². The van der Waals surface area contributed by atoms with Crippen LogP contribution in [0, 0.1) is 6.92 Å². The number of carbonyl (C=O) groups is 1. The van der Waals surface area contributed by atoms with Crippen molar-refractivity contribution in [3.63, 3.8) is 0 Å². The second-order valence-corrected chi connectivity index (χ2v) is 6.89. The van der Waals surface area contributed by atoms with Crippen molar-refractivity contribution in [3.05, 3.63) is 63.6 Å². The molecule has 0 unspecified atom stereocenters. The minimum absolute atomic E-state index is 0.0120. The molecule has 0 fully saturated rings.